The van der Waals surface area contributed by atoms with Gasteiger partial charge in [-0.25, -0.2) is 14.0 Å². The van der Waals surface area contributed by atoms with E-state index in [2.05, 4.69) is 14.9 Å². The molecule has 7 nitrogen and oxygen atoms in total. The van der Waals surface area contributed by atoms with Crippen LogP contribution in [0.15, 0.2) is 18.2 Å². The summed E-state index contributed by atoms with van der Waals surface area (Å²) in [5.41, 5.74) is -0.896. The number of nitrogens with one attached hydrogen (secondary N) is 1. The highest BCUT2D eigenvalue weighted by atomic mass is 19.1. The predicted molar refractivity (Wildman–Crippen MR) is 96.5 cm³/mol. The topological polar surface area (TPSA) is 81.8 Å². The smallest absolute Gasteiger partial charge is 0.381 e. The summed E-state index contributed by atoms with van der Waals surface area (Å²) in [4.78, 5) is 40.3. The van der Waals surface area contributed by atoms with Crippen LogP contribution in [0, 0.1) is 26.2 Å². The lowest BCUT2D eigenvalue weighted by molar-refractivity contribution is -0.137. The average molecular weight is 374 g/mol. The molecule has 0 fully saturated rings. The summed E-state index contributed by atoms with van der Waals surface area (Å²) in [6.07, 6.45) is 0. The first-order chi connectivity index (χ1) is 13.9. The van der Waals surface area contributed by atoms with Gasteiger partial charge in [-0.2, -0.15) is 0 Å². The normalized spacial score (nSPS) is 12.3. The Morgan fingerprint density at radius 1 is 1.37 bits per heavy atom. The zero-order chi connectivity index (χ0) is 22.8. The van der Waals surface area contributed by atoms with Crippen LogP contribution < -0.4 is 5.32 Å². The number of esters is 1. The first-order valence-corrected chi connectivity index (χ1v) is 7.86. The van der Waals surface area contributed by atoms with E-state index in [4.69, 9.17) is 10.7 Å². The van der Waals surface area contributed by atoms with Gasteiger partial charge in [0.1, 0.15) is 11.5 Å². The molecule has 0 aliphatic rings. The van der Waals surface area contributed by atoms with Gasteiger partial charge in [-0.3, -0.25) is 9.59 Å². The summed E-state index contributed by atoms with van der Waals surface area (Å²) < 4.78 is 42.0. The second kappa shape index (κ2) is 7.83. The molecular weight excluding hydrogens is 353 g/mol. The number of aromatic nitrogens is 1. The van der Waals surface area contributed by atoms with Gasteiger partial charge in [0.25, 0.3) is 11.7 Å². The molecule has 1 N–H and O–H groups in total. The lowest BCUT2D eigenvalue weighted by Crippen LogP contribution is -2.21. The third-order valence-electron chi connectivity index (χ3n) is 3.88. The number of nitrogens with zero attached hydrogens (tertiary/aromatic N) is 2. The number of rotatable bonds is 5. The van der Waals surface area contributed by atoms with E-state index in [9.17, 15) is 18.8 Å². The number of halogens is 1. The number of hydrogen-bond acceptors (Lipinski definition) is 4. The fourth-order valence-corrected chi connectivity index (χ4v) is 2.61. The minimum atomic E-state index is -2.85. The van der Waals surface area contributed by atoms with Gasteiger partial charge in [0.2, 0.25) is 5.69 Å². The molecule has 0 aliphatic heterocycles. The zero-order valence-corrected chi connectivity index (χ0v) is 14.8. The van der Waals surface area contributed by atoms with E-state index in [1.165, 1.54) is 26.8 Å². The monoisotopic (exact) mass is 374 g/mol. The molecule has 27 heavy (non-hydrogen) atoms. The van der Waals surface area contributed by atoms with Crippen molar-refractivity contribution in [3.05, 3.63) is 57.9 Å². The molecule has 1 amide bonds. The van der Waals surface area contributed by atoms with Gasteiger partial charge >= 0.3 is 5.97 Å². The fourth-order valence-electron chi connectivity index (χ4n) is 2.61. The Morgan fingerprint density at radius 3 is 2.67 bits per heavy atom. The van der Waals surface area contributed by atoms with Gasteiger partial charge in [-0.05, 0) is 44.5 Å². The van der Waals surface area contributed by atoms with Gasteiger partial charge in [-0.1, -0.05) is 0 Å². The summed E-state index contributed by atoms with van der Waals surface area (Å²) in [6.45, 7) is 8.16. The van der Waals surface area contributed by atoms with Gasteiger partial charge in [-0.15, -0.1) is 0 Å². The maximum Gasteiger partial charge on any atom is 0.381 e. The van der Waals surface area contributed by atoms with Crippen molar-refractivity contribution in [2.75, 3.05) is 11.9 Å². The number of carbonyl (C=O) groups is 3. The van der Waals surface area contributed by atoms with E-state index in [1.807, 2.05) is 0 Å². The molecular formula is C19H18FN3O4. The summed E-state index contributed by atoms with van der Waals surface area (Å²) in [6, 6.07) is 3.36. The highest BCUT2D eigenvalue weighted by molar-refractivity contribution is 6.40. The molecule has 1 aromatic heterocycles. The van der Waals surface area contributed by atoms with Crippen molar-refractivity contribution in [3.8, 4) is 0 Å². The van der Waals surface area contributed by atoms with E-state index >= 15 is 0 Å². The number of benzene rings is 1. The maximum absolute atomic E-state index is 13.5. The molecule has 140 valence electrons. The second-order valence-electron chi connectivity index (χ2n) is 5.55. The molecule has 1 heterocycles. The van der Waals surface area contributed by atoms with Crippen molar-refractivity contribution >= 4 is 29.0 Å². The Bertz CT molecular complexity index is 1080. The van der Waals surface area contributed by atoms with E-state index in [-0.39, 0.29) is 34.8 Å². The molecule has 0 radical (unpaired) electrons. The maximum atomic E-state index is 13.5. The van der Waals surface area contributed by atoms with Crippen molar-refractivity contribution in [2.24, 2.45) is 6.98 Å². The lowest BCUT2D eigenvalue weighted by atomic mass is 10.1. The van der Waals surface area contributed by atoms with Crippen molar-refractivity contribution in [1.82, 2.24) is 4.57 Å². The van der Waals surface area contributed by atoms with Crippen molar-refractivity contribution in [2.45, 2.75) is 20.8 Å². The predicted octanol–water partition coefficient (Wildman–Crippen LogP) is 3.33. The Labute approximate surface area is 159 Å². The summed E-state index contributed by atoms with van der Waals surface area (Å²) in [5.74, 6) is -3.97. The summed E-state index contributed by atoms with van der Waals surface area (Å²) in [5, 5.41) is 2.45. The Morgan fingerprint density at radius 2 is 2.07 bits per heavy atom. The Balaban J connectivity index is 2.58. The zero-order valence-electron chi connectivity index (χ0n) is 17.8. The molecule has 1 aromatic carbocycles. The van der Waals surface area contributed by atoms with Crippen molar-refractivity contribution < 1.29 is 27.6 Å². The summed E-state index contributed by atoms with van der Waals surface area (Å²) in [7, 11) is 0. The van der Waals surface area contributed by atoms with Gasteiger partial charge in [0.05, 0.1) is 18.7 Å². The number of hydrogen-bond donors (Lipinski definition) is 1. The number of carbonyl (C=O) groups excluding carboxylic acids is 3. The molecule has 0 saturated heterocycles. The minimum absolute atomic E-state index is 0.0216. The number of ketones is 1. The summed E-state index contributed by atoms with van der Waals surface area (Å²) >= 11 is 0. The van der Waals surface area contributed by atoms with E-state index < -0.39 is 36.1 Å². The molecule has 2 aromatic rings. The Kier molecular flexibility index (Phi) is 4.57. The van der Waals surface area contributed by atoms with Crippen LogP contribution in [0.5, 0.6) is 0 Å². The molecule has 2 rings (SSSR count). The quantitative estimate of drug-likeness (QED) is 0.377. The first-order valence-electron chi connectivity index (χ1n) is 9.36. The van der Waals surface area contributed by atoms with Crippen LogP contribution in [-0.2, 0) is 16.5 Å². The van der Waals surface area contributed by atoms with Crippen LogP contribution >= 0.6 is 0 Å². The molecule has 0 unspecified atom stereocenters. The Hall–Kier alpha value is -3.47. The fraction of sp³-hybridized carbons (Fsp3) is 0.263. The van der Waals surface area contributed by atoms with Crippen LogP contribution in [0.4, 0.5) is 15.8 Å². The standard InChI is InChI=1S/C19H18FN3O4/c1-6-27-19(26)17(24)16-10(2)15(11(3)23(16)5)18(25)22-12-7-8-13(20)14(9-12)21-4/h7-9H,6H2,1-3,5H3,(H,22,25)/i5D3. The second-order valence-corrected chi connectivity index (χ2v) is 5.55. The minimum Gasteiger partial charge on any atom is -0.460 e. The molecule has 0 atom stereocenters. The van der Waals surface area contributed by atoms with E-state index in [1.54, 1.807) is 0 Å². The largest absolute Gasteiger partial charge is 0.460 e. The van der Waals surface area contributed by atoms with E-state index in [0.29, 0.717) is 4.57 Å². The van der Waals surface area contributed by atoms with Crippen molar-refractivity contribution in [1.29, 1.82) is 0 Å². The molecule has 0 spiro atoms. The van der Waals surface area contributed by atoms with Crippen molar-refractivity contribution in [3.63, 3.8) is 0 Å². The van der Waals surface area contributed by atoms with Gasteiger partial charge in [0, 0.05) is 22.5 Å². The van der Waals surface area contributed by atoms with Crippen LogP contribution in [0.2, 0.25) is 0 Å². The average Bonchev–Trinajstić information content (AvgIpc) is 2.93. The lowest BCUT2D eigenvalue weighted by Gasteiger charge is -2.07. The van der Waals surface area contributed by atoms with Crippen LogP contribution in [0.25, 0.3) is 4.85 Å². The van der Waals surface area contributed by atoms with E-state index in [0.717, 1.165) is 12.1 Å². The molecule has 8 heteroatoms. The van der Waals surface area contributed by atoms with Gasteiger partial charge < -0.3 is 14.6 Å². The number of Topliss-reactive ketones (excluding diaryl/α,β-unsaturated/α-hetero) is 1. The number of ether oxygens (including phenoxy) is 1. The van der Waals surface area contributed by atoms with Gasteiger partial charge in [0.15, 0.2) is 0 Å². The SMILES string of the molecule is [2H]C([2H])([2H])n1c(C)c(C(=O)Nc2ccc(F)c([N+]#[C-])c2)c(C)c1C(=O)C(=O)OCC. The number of amides is 1. The van der Waals surface area contributed by atoms with Crippen LogP contribution in [0.3, 0.4) is 0 Å². The van der Waals surface area contributed by atoms with Crippen LogP contribution in [0.1, 0.15) is 43.1 Å². The third-order valence-corrected chi connectivity index (χ3v) is 3.88. The molecule has 0 aliphatic carbocycles. The first kappa shape index (κ1) is 15.8. The molecule has 0 saturated carbocycles. The third kappa shape index (κ3) is 3.72. The van der Waals surface area contributed by atoms with Crippen LogP contribution in [-0.4, -0.2) is 28.8 Å². The highest BCUT2D eigenvalue weighted by Gasteiger charge is 2.29. The highest BCUT2D eigenvalue weighted by Crippen LogP contribution is 2.26. The number of anilines is 1. The molecule has 0 bridgehead atoms.